The molecule has 5 nitrogen and oxygen atoms in total. The summed E-state index contributed by atoms with van der Waals surface area (Å²) in [4.78, 5) is 0. The molecule has 0 aliphatic heterocycles. The van der Waals surface area contributed by atoms with Gasteiger partial charge in [0.15, 0.2) is 11.5 Å². The van der Waals surface area contributed by atoms with E-state index in [9.17, 15) is 8.42 Å². The molecular weight excluding hydrogens is 208 g/mol. The minimum atomic E-state index is -3.67. The van der Waals surface area contributed by atoms with Crippen LogP contribution in [-0.4, -0.2) is 29.4 Å². The van der Waals surface area contributed by atoms with Crippen molar-refractivity contribution in [1.29, 1.82) is 0 Å². The van der Waals surface area contributed by atoms with Crippen molar-refractivity contribution in [2.24, 2.45) is 0 Å². The van der Waals surface area contributed by atoms with Gasteiger partial charge in [0, 0.05) is 0 Å². The van der Waals surface area contributed by atoms with E-state index in [-0.39, 0.29) is 11.5 Å². The zero-order valence-corrected chi connectivity index (χ0v) is 8.61. The maximum absolute atomic E-state index is 9.19. The van der Waals surface area contributed by atoms with E-state index in [2.05, 4.69) is 0 Å². The first-order chi connectivity index (χ1) is 6.22. The molecule has 80 valence electrons. The minimum Gasteiger partial charge on any atom is -0.504 e. The molecule has 0 radical (unpaired) electrons. The first kappa shape index (κ1) is 12.7. The first-order valence-corrected chi connectivity index (χ1v) is 5.46. The maximum atomic E-state index is 9.19. The summed E-state index contributed by atoms with van der Waals surface area (Å²) in [5.74, 6) is -0.0903. The number of rotatable bonds is 0. The van der Waals surface area contributed by atoms with Gasteiger partial charge in [-0.2, -0.15) is 8.42 Å². The van der Waals surface area contributed by atoms with Crippen LogP contribution in [0.15, 0.2) is 18.2 Å². The van der Waals surface area contributed by atoms with Gasteiger partial charge in [0.2, 0.25) is 0 Å². The second-order valence-electron chi connectivity index (χ2n) is 2.68. The van der Waals surface area contributed by atoms with Gasteiger partial charge in [-0.3, -0.25) is 4.55 Å². The largest absolute Gasteiger partial charge is 0.504 e. The van der Waals surface area contributed by atoms with Crippen LogP contribution < -0.4 is 0 Å². The second-order valence-corrected chi connectivity index (χ2v) is 4.14. The molecule has 0 aliphatic rings. The highest BCUT2D eigenvalue weighted by Gasteiger charge is 1.98. The maximum Gasteiger partial charge on any atom is 0.261 e. The Morgan fingerprint density at radius 1 is 1.21 bits per heavy atom. The number of aromatic hydroxyl groups is 2. The Kier molecular flexibility index (Phi) is 4.39. The van der Waals surface area contributed by atoms with E-state index in [0.29, 0.717) is 11.8 Å². The molecule has 0 bridgehead atoms. The average Bonchev–Trinajstić information content (AvgIpc) is 1.97. The highest BCUT2D eigenvalue weighted by molar-refractivity contribution is 7.85. The van der Waals surface area contributed by atoms with Gasteiger partial charge >= 0.3 is 0 Å². The second kappa shape index (κ2) is 4.83. The third kappa shape index (κ3) is 6.27. The summed E-state index contributed by atoms with van der Waals surface area (Å²) in [5, 5.41) is 17.8. The zero-order valence-electron chi connectivity index (χ0n) is 7.80. The van der Waals surface area contributed by atoms with E-state index in [1.54, 1.807) is 19.1 Å². The third-order valence-electron chi connectivity index (χ3n) is 1.22. The first-order valence-electron chi connectivity index (χ1n) is 3.62. The molecule has 0 saturated carbocycles. The Bertz CT molecular complexity index is 368. The van der Waals surface area contributed by atoms with Crippen molar-refractivity contribution in [1.82, 2.24) is 0 Å². The predicted molar refractivity (Wildman–Crippen MR) is 52.0 cm³/mol. The molecule has 0 unspecified atom stereocenters. The number of benzene rings is 1. The summed E-state index contributed by atoms with van der Waals surface area (Å²) < 4.78 is 25.9. The van der Waals surface area contributed by atoms with Crippen LogP contribution in [0.25, 0.3) is 0 Å². The number of hydrogen-bond acceptors (Lipinski definition) is 4. The van der Waals surface area contributed by atoms with E-state index in [1.807, 2.05) is 0 Å². The fourth-order valence-electron chi connectivity index (χ4n) is 0.643. The van der Waals surface area contributed by atoms with E-state index in [0.717, 1.165) is 0 Å². The lowest BCUT2D eigenvalue weighted by Gasteiger charge is -1.97. The van der Waals surface area contributed by atoms with Gasteiger partial charge in [0.05, 0.1) is 6.26 Å². The van der Waals surface area contributed by atoms with E-state index in [4.69, 9.17) is 14.8 Å². The normalized spacial score (nSPS) is 10.2. The molecule has 1 aromatic carbocycles. The smallest absolute Gasteiger partial charge is 0.261 e. The summed E-state index contributed by atoms with van der Waals surface area (Å²) in [6.07, 6.45) is 0.715. The molecule has 0 atom stereocenters. The molecule has 0 fully saturated rings. The van der Waals surface area contributed by atoms with Crippen molar-refractivity contribution in [3.63, 3.8) is 0 Å². The quantitative estimate of drug-likeness (QED) is 0.446. The molecule has 0 saturated heterocycles. The molecule has 3 N–H and O–H groups in total. The standard InChI is InChI=1S/C7H8O2.CH4O3S/c1-5-3-2-4-6(8)7(5)9;1-5(2,3)4/h2-4,8-9H,1H3;1H3,(H,2,3,4). The molecule has 14 heavy (non-hydrogen) atoms. The number of para-hydroxylation sites is 1. The number of phenolic OH excluding ortho intramolecular Hbond substituents is 2. The van der Waals surface area contributed by atoms with Crippen LogP contribution in [0.2, 0.25) is 0 Å². The topological polar surface area (TPSA) is 94.8 Å². The Balaban J connectivity index is 0.000000292. The third-order valence-corrected chi connectivity index (χ3v) is 1.22. The van der Waals surface area contributed by atoms with Crippen LogP contribution in [0.5, 0.6) is 11.5 Å². The molecule has 0 spiro atoms. The van der Waals surface area contributed by atoms with Gasteiger partial charge in [0.25, 0.3) is 10.1 Å². The molecule has 1 aromatic rings. The molecular formula is C8H12O5S. The molecule has 1 rings (SSSR count). The zero-order chi connectivity index (χ0) is 11.4. The van der Waals surface area contributed by atoms with Gasteiger partial charge in [-0.25, -0.2) is 0 Å². The van der Waals surface area contributed by atoms with Gasteiger partial charge in [-0.05, 0) is 18.6 Å². The summed E-state index contributed by atoms with van der Waals surface area (Å²) in [7, 11) is -3.67. The molecule has 0 aliphatic carbocycles. The Morgan fingerprint density at radius 2 is 1.64 bits per heavy atom. The monoisotopic (exact) mass is 220 g/mol. The van der Waals surface area contributed by atoms with Crippen LogP contribution >= 0.6 is 0 Å². The minimum absolute atomic E-state index is 0.0301. The van der Waals surface area contributed by atoms with Crippen LogP contribution in [0, 0.1) is 6.92 Å². The van der Waals surface area contributed by atoms with Crippen molar-refractivity contribution in [3.8, 4) is 11.5 Å². The van der Waals surface area contributed by atoms with E-state index < -0.39 is 10.1 Å². The summed E-state index contributed by atoms with van der Waals surface area (Å²) in [5.41, 5.74) is 0.690. The van der Waals surface area contributed by atoms with Crippen LogP contribution in [0.4, 0.5) is 0 Å². The molecule has 0 heterocycles. The Hall–Kier alpha value is -1.27. The average molecular weight is 220 g/mol. The highest BCUT2D eigenvalue weighted by Crippen LogP contribution is 2.26. The van der Waals surface area contributed by atoms with Gasteiger partial charge in [0.1, 0.15) is 0 Å². The molecule has 6 heteroatoms. The summed E-state index contributed by atoms with van der Waals surface area (Å²) >= 11 is 0. The SMILES string of the molecule is CS(=O)(=O)O.Cc1cccc(O)c1O. The lowest BCUT2D eigenvalue weighted by molar-refractivity contribution is 0.401. The Labute approximate surface area is 82.4 Å². The van der Waals surface area contributed by atoms with E-state index in [1.165, 1.54) is 6.07 Å². The van der Waals surface area contributed by atoms with Crippen LogP contribution in [0.3, 0.4) is 0 Å². The number of aryl methyl sites for hydroxylation is 1. The molecule has 0 aromatic heterocycles. The van der Waals surface area contributed by atoms with Crippen LogP contribution in [-0.2, 0) is 10.1 Å². The summed E-state index contributed by atoms with van der Waals surface area (Å²) in [6.45, 7) is 1.73. The lowest BCUT2D eigenvalue weighted by Crippen LogP contribution is -1.88. The summed E-state index contributed by atoms with van der Waals surface area (Å²) in [6, 6.07) is 4.86. The van der Waals surface area contributed by atoms with E-state index >= 15 is 0 Å². The lowest BCUT2D eigenvalue weighted by atomic mass is 10.2. The van der Waals surface area contributed by atoms with Crippen molar-refractivity contribution in [3.05, 3.63) is 23.8 Å². The Morgan fingerprint density at radius 3 is 1.93 bits per heavy atom. The van der Waals surface area contributed by atoms with Crippen LogP contribution in [0.1, 0.15) is 5.56 Å². The van der Waals surface area contributed by atoms with Gasteiger partial charge < -0.3 is 10.2 Å². The van der Waals surface area contributed by atoms with Gasteiger partial charge in [-0.15, -0.1) is 0 Å². The highest BCUT2D eigenvalue weighted by atomic mass is 32.2. The van der Waals surface area contributed by atoms with Crippen molar-refractivity contribution in [2.45, 2.75) is 6.92 Å². The number of hydrogen-bond donors (Lipinski definition) is 3. The predicted octanol–water partition coefficient (Wildman–Crippen LogP) is 0.910. The van der Waals surface area contributed by atoms with Crippen molar-refractivity contribution in [2.75, 3.05) is 6.26 Å². The fourth-order valence-corrected chi connectivity index (χ4v) is 0.643. The fraction of sp³-hybridized carbons (Fsp3) is 0.250. The van der Waals surface area contributed by atoms with Gasteiger partial charge in [-0.1, -0.05) is 12.1 Å². The number of phenols is 2. The van der Waals surface area contributed by atoms with Crippen molar-refractivity contribution < 1.29 is 23.2 Å². The van der Waals surface area contributed by atoms with Crippen molar-refractivity contribution >= 4 is 10.1 Å². The molecule has 0 amide bonds.